The summed E-state index contributed by atoms with van der Waals surface area (Å²) in [6.45, 7) is 7.28. The van der Waals surface area contributed by atoms with Gasteiger partial charge in [-0.25, -0.2) is 4.79 Å². The normalized spacial score (nSPS) is 18.5. The molecule has 1 aliphatic rings. The third kappa shape index (κ3) is 5.02. The van der Waals surface area contributed by atoms with Gasteiger partial charge in [0, 0.05) is 16.6 Å². The number of nitrogens with one attached hydrogen (secondary N) is 1. The van der Waals surface area contributed by atoms with Crippen LogP contribution in [0, 0.1) is 12.8 Å². The molecule has 142 valence electrons. The number of aliphatic hydroxyl groups excluding tert-OH is 1. The number of methoxy groups -OCH3 is 1. The number of rotatable bonds is 4. The van der Waals surface area contributed by atoms with Crippen molar-refractivity contribution in [3.8, 4) is 5.75 Å². The first kappa shape index (κ1) is 20.3. The number of carbonyl (C=O) groups is 1. The highest BCUT2D eigenvalue weighted by Gasteiger charge is 2.31. The molecule has 6 heteroatoms. The van der Waals surface area contributed by atoms with Gasteiger partial charge in [0.05, 0.1) is 13.2 Å². The van der Waals surface area contributed by atoms with E-state index in [-0.39, 0.29) is 0 Å². The lowest BCUT2D eigenvalue weighted by Gasteiger charge is -2.30. The fraction of sp³-hybridized carbons (Fsp3) is 0.450. The summed E-state index contributed by atoms with van der Waals surface area (Å²) >= 11 is 6.19. The largest absolute Gasteiger partial charge is 0.496 e. The van der Waals surface area contributed by atoms with E-state index in [1.165, 1.54) is 0 Å². The first-order valence-electron chi connectivity index (χ1n) is 8.50. The summed E-state index contributed by atoms with van der Waals surface area (Å²) in [6.07, 6.45) is 2.43. The van der Waals surface area contributed by atoms with Crippen LogP contribution >= 0.6 is 11.6 Å². The predicted molar refractivity (Wildman–Crippen MR) is 102 cm³/mol. The van der Waals surface area contributed by atoms with Crippen LogP contribution in [-0.4, -0.2) is 23.9 Å². The van der Waals surface area contributed by atoms with Crippen molar-refractivity contribution >= 4 is 17.7 Å². The van der Waals surface area contributed by atoms with Crippen LogP contribution in [0.25, 0.3) is 0 Å². The Morgan fingerprint density at radius 1 is 1.35 bits per heavy atom. The Bertz CT molecular complexity index is 734. The van der Waals surface area contributed by atoms with Gasteiger partial charge in [-0.1, -0.05) is 23.7 Å². The number of ether oxygens (including phenoxy) is 2. The highest BCUT2D eigenvalue weighted by Crippen LogP contribution is 2.38. The molecule has 0 aromatic heterocycles. The van der Waals surface area contributed by atoms with Gasteiger partial charge in [-0.15, -0.1) is 0 Å². The maximum Gasteiger partial charge on any atom is 0.411 e. The molecule has 2 rings (SSSR count). The number of allylic oxidation sites excluding steroid dienone is 3. The number of carbonyl (C=O) groups excluding carboxylic acids is 1. The van der Waals surface area contributed by atoms with Crippen molar-refractivity contribution in [2.75, 3.05) is 7.11 Å². The van der Waals surface area contributed by atoms with Gasteiger partial charge in [-0.05, 0) is 63.5 Å². The van der Waals surface area contributed by atoms with Gasteiger partial charge in [0.2, 0.25) is 0 Å². The topological polar surface area (TPSA) is 67.8 Å². The van der Waals surface area contributed by atoms with E-state index in [1.54, 1.807) is 40.0 Å². The Morgan fingerprint density at radius 2 is 2.04 bits per heavy atom. The molecule has 1 aromatic carbocycles. The van der Waals surface area contributed by atoms with Crippen molar-refractivity contribution in [3.63, 3.8) is 0 Å². The third-order valence-corrected chi connectivity index (χ3v) is 4.43. The van der Waals surface area contributed by atoms with Crippen LogP contribution in [-0.2, 0) is 4.74 Å². The smallest absolute Gasteiger partial charge is 0.411 e. The van der Waals surface area contributed by atoms with E-state index in [4.69, 9.17) is 21.1 Å². The quantitative estimate of drug-likeness (QED) is 0.802. The fourth-order valence-electron chi connectivity index (χ4n) is 2.92. The van der Waals surface area contributed by atoms with Crippen molar-refractivity contribution in [2.45, 2.75) is 45.8 Å². The number of halogens is 1. The molecule has 0 saturated heterocycles. The second-order valence-corrected chi connectivity index (χ2v) is 7.78. The lowest BCUT2D eigenvalue weighted by Crippen LogP contribution is -2.36. The Balaban J connectivity index is 2.27. The molecule has 2 atom stereocenters. The molecule has 26 heavy (non-hydrogen) atoms. The van der Waals surface area contributed by atoms with Crippen molar-refractivity contribution in [1.82, 2.24) is 5.32 Å². The van der Waals surface area contributed by atoms with Crippen LogP contribution in [0.15, 0.2) is 41.1 Å². The number of benzene rings is 1. The van der Waals surface area contributed by atoms with E-state index in [0.717, 1.165) is 11.1 Å². The molecule has 0 spiro atoms. The molecule has 0 radical (unpaired) electrons. The molecular weight excluding hydrogens is 354 g/mol. The van der Waals surface area contributed by atoms with Crippen molar-refractivity contribution < 1.29 is 19.4 Å². The maximum atomic E-state index is 12.2. The summed E-state index contributed by atoms with van der Waals surface area (Å²) in [5.41, 5.74) is 1.55. The standard InChI is InChI=1S/C20H26ClNO4/c1-12-14(7-6-8-17(12)25-5)18(23)15-11-13(21)9-10-16(15)22-19(24)26-20(2,3)4/h6-10,15,18,23H,11H2,1-5H3,(H,22,24). The van der Waals surface area contributed by atoms with Gasteiger partial charge in [0.15, 0.2) is 0 Å². The van der Waals surface area contributed by atoms with Crippen LogP contribution in [0.2, 0.25) is 0 Å². The highest BCUT2D eigenvalue weighted by atomic mass is 35.5. The molecule has 0 fully saturated rings. The first-order chi connectivity index (χ1) is 12.1. The Morgan fingerprint density at radius 3 is 2.65 bits per heavy atom. The number of hydrogen-bond acceptors (Lipinski definition) is 4. The number of amides is 1. The molecular formula is C20H26ClNO4. The maximum absolute atomic E-state index is 12.2. The van der Waals surface area contributed by atoms with Crippen LogP contribution < -0.4 is 10.1 Å². The zero-order chi connectivity index (χ0) is 19.5. The summed E-state index contributed by atoms with van der Waals surface area (Å²) in [5.74, 6) is 0.301. The SMILES string of the molecule is COc1cccc(C(O)C2CC(Cl)=CC=C2NC(=O)OC(C)(C)C)c1C. The van der Waals surface area contributed by atoms with Crippen LogP contribution in [0.3, 0.4) is 0 Å². The first-order valence-corrected chi connectivity index (χ1v) is 8.88. The van der Waals surface area contributed by atoms with Gasteiger partial charge in [0.1, 0.15) is 11.4 Å². The van der Waals surface area contributed by atoms with E-state index >= 15 is 0 Å². The molecule has 5 nitrogen and oxygen atoms in total. The van der Waals surface area contributed by atoms with Gasteiger partial charge in [-0.2, -0.15) is 0 Å². The Hall–Kier alpha value is -1.98. The van der Waals surface area contributed by atoms with Crippen LogP contribution in [0.4, 0.5) is 4.79 Å². The van der Waals surface area contributed by atoms with E-state index in [0.29, 0.717) is 22.9 Å². The zero-order valence-corrected chi connectivity index (χ0v) is 16.6. The monoisotopic (exact) mass is 379 g/mol. The second kappa shape index (κ2) is 8.14. The lowest BCUT2D eigenvalue weighted by atomic mass is 9.85. The third-order valence-electron chi connectivity index (χ3n) is 4.15. The summed E-state index contributed by atoms with van der Waals surface area (Å²) in [5, 5.41) is 14.4. The molecule has 2 unspecified atom stereocenters. The number of alkyl carbamates (subject to hydrolysis) is 1. The molecule has 1 aliphatic carbocycles. The van der Waals surface area contributed by atoms with Gasteiger partial charge < -0.3 is 14.6 Å². The van der Waals surface area contributed by atoms with Crippen molar-refractivity contribution in [2.24, 2.45) is 5.92 Å². The predicted octanol–water partition coefficient (Wildman–Crippen LogP) is 4.59. The van der Waals surface area contributed by atoms with Crippen LogP contribution in [0.5, 0.6) is 5.75 Å². The minimum atomic E-state index is -0.853. The summed E-state index contributed by atoms with van der Waals surface area (Å²) in [7, 11) is 1.59. The highest BCUT2D eigenvalue weighted by molar-refractivity contribution is 6.29. The van der Waals surface area contributed by atoms with Gasteiger partial charge in [0.25, 0.3) is 0 Å². The Labute approximate surface area is 159 Å². The molecule has 0 heterocycles. The molecule has 1 amide bonds. The molecule has 0 aliphatic heterocycles. The van der Waals surface area contributed by atoms with Gasteiger partial charge in [-0.3, -0.25) is 5.32 Å². The summed E-state index contributed by atoms with van der Waals surface area (Å²) < 4.78 is 10.7. The van der Waals surface area contributed by atoms with Gasteiger partial charge >= 0.3 is 6.09 Å². The minimum absolute atomic E-state index is 0.397. The number of aliphatic hydroxyl groups is 1. The number of hydrogen-bond donors (Lipinski definition) is 2. The van der Waals surface area contributed by atoms with E-state index in [1.807, 2.05) is 25.1 Å². The van der Waals surface area contributed by atoms with Crippen molar-refractivity contribution in [1.29, 1.82) is 0 Å². The minimum Gasteiger partial charge on any atom is -0.496 e. The molecule has 0 bridgehead atoms. The fourth-order valence-corrected chi connectivity index (χ4v) is 3.15. The molecule has 2 N–H and O–H groups in total. The molecule has 0 saturated carbocycles. The lowest BCUT2D eigenvalue weighted by molar-refractivity contribution is 0.0523. The van der Waals surface area contributed by atoms with E-state index < -0.39 is 23.7 Å². The summed E-state index contributed by atoms with van der Waals surface area (Å²) in [6, 6.07) is 5.52. The average Bonchev–Trinajstić information content (AvgIpc) is 2.54. The van der Waals surface area contributed by atoms with Crippen LogP contribution in [0.1, 0.15) is 44.4 Å². The Kier molecular flexibility index (Phi) is 6.37. The molecule has 1 aromatic rings. The second-order valence-electron chi connectivity index (χ2n) is 7.29. The summed E-state index contributed by atoms with van der Waals surface area (Å²) in [4.78, 5) is 12.2. The van der Waals surface area contributed by atoms with E-state index in [9.17, 15) is 9.90 Å². The van der Waals surface area contributed by atoms with E-state index in [2.05, 4.69) is 5.32 Å². The zero-order valence-electron chi connectivity index (χ0n) is 15.8. The van der Waals surface area contributed by atoms with Crippen molar-refractivity contribution in [3.05, 3.63) is 52.2 Å². The average molecular weight is 380 g/mol.